The summed E-state index contributed by atoms with van der Waals surface area (Å²) in [6, 6.07) is 1.54. The van der Waals surface area contributed by atoms with Gasteiger partial charge in [-0.1, -0.05) is 19.6 Å². The van der Waals surface area contributed by atoms with Crippen LogP contribution >= 0.6 is 0 Å². The van der Waals surface area contributed by atoms with Crippen molar-refractivity contribution in [2.24, 2.45) is 0 Å². The number of ether oxygens (including phenoxy) is 2. The molecular weight excluding hydrogens is 230 g/mol. The molecule has 0 aromatic carbocycles. The van der Waals surface area contributed by atoms with Crippen molar-refractivity contribution in [3.05, 3.63) is 12.3 Å². The molecule has 0 spiro atoms. The standard InChI is InChI=1S/C13H27NO2Si/c1-13(2)14(3)12(11-16-13)7-8-15-9-10-17(4,5)6/h7-8,12H,9-11H2,1-6H3. The first-order valence-electron chi connectivity index (χ1n) is 6.37. The summed E-state index contributed by atoms with van der Waals surface area (Å²) in [5, 5.41) is 0. The number of hydrogen-bond acceptors (Lipinski definition) is 3. The quantitative estimate of drug-likeness (QED) is 0.429. The molecule has 1 fully saturated rings. The van der Waals surface area contributed by atoms with Crippen molar-refractivity contribution in [3.8, 4) is 0 Å². The first-order valence-corrected chi connectivity index (χ1v) is 10.1. The Balaban J connectivity index is 2.27. The predicted molar refractivity (Wildman–Crippen MR) is 74.8 cm³/mol. The van der Waals surface area contributed by atoms with Crippen molar-refractivity contribution in [2.75, 3.05) is 20.3 Å². The topological polar surface area (TPSA) is 21.7 Å². The number of rotatable bonds is 5. The van der Waals surface area contributed by atoms with Gasteiger partial charge in [-0.2, -0.15) is 0 Å². The molecule has 0 saturated carbocycles. The summed E-state index contributed by atoms with van der Waals surface area (Å²) in [7, 11) is 1.12. The van der Waals surface area contributed by atoms with Gasteiger partial charge in [-0.15, -0.1) is 0 Å². The Morgan fingerprint density at radius 1 is 1.41 bits per heavy atom. The SMILES string of the molecule is CN1C(C=COCC[Si](C)(C)C)COC1(C)C. The van der Waals surface area contributed by atoms with Crippen molar-refractivity contribution >= 4 is 8.07 Å². The van der Waals surface area contributed by atoms with Crippen LogP contribution in [-0.2, 0) is 9.47 Å². The van der Waals surface area contributed by atoms with Gasteiger partial charge in [-0.25, -0.2) is 0 Å². The monoisotopic (exact) mass is 257 g/mol. The summed E-state index contributed by atoms with van der Waals surface area (Å²) in [6.07, 6.45) is 3.94. The van der Waals surface area contributed by atoms with Crippen molar-refractivity contribution in [1.29, 1.82) is 0 Å². The molecular formula is C13H27NO2Si. The van der Waals surface area contributed by atoms with E-state index in [1.807, 2.05) is 6.26 Å². The van der Waals surface area contributed by atoms with E-state index in [0.29, 0.717) is 6.04 Å². The first kappa shape index (κ1) is 14.7. The summed E-state index contributed by atoms with van der Waals surface area (Å²) in [5.41, 5.74) is -0.159. The highest BCUT2D eigenvalue weighted by Crippen LogP contribution is 2.25. The lowest BCUT2D eigenvalue weighted by molar-refractivity contribution is -0.0402. The molecule has 1 unspecified atom stereocenters. The summed E-state index contributed by atoms with van der Waals surface area (Å²) in [5.74, 6) is 0. The molecule has 0 aliphatic carbocycles. The van der Waals surface area contributed by atoms with E-state index in [1.54, 1.807) is 0 Å². The average molecular weight is 257 g/mol. The molecule has 1 rings (SSSR count). The van der Waals surface area contributed by atoms with Gasteiger partial charge in [0.1, 0.15) is 5.72 Å². The zero-order valence-electron chi connectivity index (χ0n) is 12.1. The van der Waals surface area contributed by atoms with E-state index in [1.165, 1.54) is 6.04 Å². The second-order valence-corrected chi connectivity index (χ2v) is 12.1. The molecule has 100 valence electrons. The van der Waals surface area contributed by atoms with E-state index in [4.69, 9.17) is 9.47 Å². The molecule has 3 nitrogen and oxygen atoms in total. The molecule has 0 radical (unpaired) electrons. The van der Waals surface area contributed by atoms with E-state index >= 15 is 0 Å². The molecule has 0 aromatic heterocycles. The molecule has 0 N–H and O–H groups in total. The fraction of sp³-hybridized carbons (Fsp3) is 0.846. The van der Waals surface area contributed by atoms with Gasteiger partial charge < -0.3 is 9.47 Å². The molecule has 0 amide bonds. The molecule has 1 saturated heterocycles. The fourth-order valence-corrected chi connectivity index (χ4v) is 2.40. The Bertz CT molecular complexity index is 271. The fourth-order valence-electron chi connectivity index (χ4n) is 1.67. The maximum Gasteiger partial charge on any atom is 0.116 e. The zero-order valence-corrected chi connectivity index (χ0v) is 13.1. The second kappa shape index (κ2) is 5.55. The van der Waals surface area contributed by atoms with Gasteiger partial charge in [0.05, 0.1) is 25.5 Å². The largest absolute Gasteiger partial charge is 0.502 e. The zero-order chi connectivity index (χ0) is 13.1. The van der Waals surface area contributed by atoms with Gasteiger partial charge in [-0.3, -0.25) is 4.90 Å². The van der Waals surface area contributed by atoms with Gasteiger partial charge >= 0.3 is 0 Å². The van der Waals surface area contributed by atoms with E-state index in [2.05, 4.69) is 51.5 Å². The Labute approximate surface area is 107 Å². The van der Waals surface area contributed by atoms with Crippen LogP contribution in [0.5, 0.6) is 0 Å². The Kier molecular flexibility index (Phi) is 4.81. The van der Waals surface area contributed by atoms with Crippen LogP contribution in [0.2, 0.25) is 25.7 Å². The van der Waals surface area contributed by atoms with Crippen molar-refractivity contribution in [2.45, 2.75) is 51.3 Å². The minimum absolute atomic E-state index is 0.159. The smallest absolute Gasteiger partial charge is 0.116 e. The number of hydrogen-bond donors (Lipinski definition) is 0. The van der Waals surface area contributed by atoms with Gasteiger partial charge in [0.25, 0.3) is 0 Å². The van der Waals surface area contributed by atoms with Crippen LogP contribution in [0.15, 0.2) is 12.3 Å². The minimum atomic E-state index is -0.969. The molecule has 1 aliphatic heterocycles. The lowest BCUT2D eigenvalue weighted by Crippen LogP contribution is -2.39. The third-order valence-electron chi connectivity index (χ3n) is 3.32. The van der Waals surface area contributed by atoms with E-state index in [-0.39, 0.29) is 5.72 Å². The second-order valence-electron chi connectivity index (χ2n) is 6.45. The average Bonchev–Trinajstić information content (AvgIpc) is 2.42. The number of likely N-dealkylation sites (N-methyl/N-ethyl adjacent to an activating group) is 1. The lowest BCUT2D eigenvalue weighted by Gasteiger charge is -2.28. The van der Waals surface area contributed by atoms with Crippen LogP contribution < -0.4 is 0 Å². The Morgan fingerprint density at radius 2 is 2.06 bits per heavy atom. The summed E-state index contributed by atoms with van der Waals surface area (Å²) >= 11 is 0. The molecule has 0 bridgehead atoms. The van der Waals surface area contributed by atoms with Crippen LogP contribution in [-0.4, -0.2) is 45.0 Å². The minimum Gasteiger partial charge on any atom is -0.502 e. The number of nitrogens with zero attached hydrogens (tertiary/aromatic N) is 1. The summed E-state index contributed by atoms with van der Waals surface area (Å²) < 4.78 is 11.3. The lowest BCUT2D eigenvalue weighted by atomic mass is 10.2. The van der Waals surface area contributed by atoms with Crippen LogP contribution in [0.4, 0.5) is 0 Å². The highest BCUT2D eigenvalue weighted by Gasteiger charge is 2.36. The van der Waals surface area contributed by atoms with E-state index < -0.39 is 8.07 Å². The van der Waals surface area contributed by atoms with Crippen molar-refractivity contribution in [3.63, 3.8) is 0 Å². The normalized spacial score (nSPS) is 25.6. The molecule has 1 heterocycles. The highest BCUT2D eigenvalue weighted by atomic mass is 28.3. The molecule has 1 atom stereocenters. The molecule has 0 aromatic rings. The van der Waals surface area contributed by atoms with Gasteiger partial charge in [-0.05, 0) is 33.0 Å². The van der Waals surface area contributed by atoms with E-state index in [0.717, 1.165) is 13.2 Å². The van der Waals surface area contributed by atoms with Crippen LogP contribution in [0, 0.1) is 0 Å². The molecule has 1 aliphatic rings. The maximum absolute atomic E-state index is 5.70. The van der Waals surface area contributed by atoms with Crippen LogP contribution in [0.3, 0.4) is 0 Å². The molecule has 17 heavy (non-hydrogen) atoms. The Morgan fingerprint density at radius 3 is 2.53 bits per heavy atom. The third kappa shape index (κ3) is 4.82. The van der Waals surface area contributed by atoms with Crippen LogP contribution in [0.1, 0.15) is 13.8 Å². The highest BCUT2D eigenvalue weighted by molar-refractivity contribution is 6.76. The summed E-state index contributed by atoms with van der Waals surface area (Å²) in [6.45, 7) is 12.9. The Hall–Kier alpha value is -0.323. The first-order chi connectivity index (χ1) is 7.72. The van der Waals surface area contributed by atoms with E-state index in [9.17, 15) is 0 Å². The predicted octanol–water partition coefficient (Wildman–Crippen LogP) is 2.92. The maximum atomic E-state index is 5.70. The van der Waals surface area contributed by atoms with Gasteiger partial charge in [0.15, 0.2) is 0 Å². The molecule has 4 heteroatoms. The van der Waals surface area contributed by atoms with Gasteiger partial charge in [0.2, 0.25) is 0 Å². The van der Waals surface area contributed by atoms with Crippen LogP contribution in [0.25, 0.3) is 0 Å². The van der Waals surface area contributed by atoms with Crippen molar-refractivity contribution in [1.82, 2.24) is 4.90 Å². The third-order valence-corrected chi connectivity index (χ3v) is 5.03. The van der Waals surface area contributed by atoms with Gasteiger partial charge in [0, 0.05) is 8.07 Å². The summed E-state index contributed by atoms with van der Waals surface area (Å²) in [4.78, 5) is 2.23. The van der Waals surface area contributed by atoms with Crippen molar-refractivity contribution < 1.29 is 9.47 Å².